The van der Waals surface area contributed by atoms with Gasteiger partial charge in [0.1, 0.15) is 11.6 Å². The van der Waals surface area contributed by atoms with E-state index in [1.165, 1.54) is 6.07 Å². The number of aryl methyl sites for hydroxylation is 1. The lowest BCUT2D eigenvalue weighted by atomic mass is 10.1. The van der Waals surface area contributed by atoms with Crippen LogP contribution in [0.3, 0.4) is 0 Å². The van der Waals surface area contributed by atoms with Crippen molar-refractivity contribution in [3.05, 3.63) is 64.4 Å². The van der Waals surface area contributed by atoms with Crippen molar-refractivity contribution in [3.8, 4) is 5.75 Å². The van der Waals surface area contributed by atoms with Crippen LogP contribution in [0.2, 0.25) is 5.02 Å². The van der Waals surface area contributed by atoms with Crippen molar-refractivity contribution in [2.75, 3.05) is 6.61 Å². The number of rotatable bonds is 6. The molecule has 0 aliphatic rings. The van der Waals surface area contributed by atoms with Crippen LogP contribution < -0.4 is 4.74 Å². The van der Waals surface area contributed by atoms with Gasteiger partial charge in [-0.2, -0.15) is 0 Å². The average Bonchev–Trinajstić information content (AvgIpc) is 2.44. The molecule has 1 N–H and O–H groups in total. The average molecular weight is 309 g/mol. The molecule has 0 aromatic heterocycles. The van der Waals surface area contributed by atoms with E-state index in [2.05, 4.69) is 0 Å². The van der Waals surface area contributed by atoms with Crippen LogP contribution in [-0.4, -0.2) is 17.8 Å². The van der Waals surface area contributed by atoms with Crippen molar-refractivity contribution in [2.45, 2.75) is 25.9 Å². The van der Waals surface area contributed by atoms with Crippen molar-refractivity contribution in [3.63, 3.8) is 0 Å². The van der Waals surface area contributed by atoms with E-state index in [-0.39, 0.29) is 5.02 Å². The van der Waals surface area contributed by atoms with Gasteiger partial charge in [-0.05, 0) is 36.2 Å². The molecule has 0 saturated carbocycles. The third-order valence-corrected chi connectivity index (χ3v) is 3.62. The summed E-state index contributed by atoms with van der Waals surface area (Å²) in [5.74, 6) is 0.323. The molecule has 1 unspecified atom stereocenters. The molecule has 0 heterocycles. The van der Waals surface area contributed by atoms with Crippen LogP contribution in [0.1, 0.15) is 17.5 Å². The SMILES string of the molecule is Cc1cccc(OCCC(O)Cc2cccc(F)c2Cl)c1. The second-order valence-electron chi connectivity index (χ2n) is 5.02. The largest absolute Gasteiger partial charge is 0.493 e. The zero-order chi connectivity index (χ0) is 15.2. The summed E-state index contributed by atoms with van der Waals surface area (Å²) < 4.78 is 18.9. The minimum atomic E-state index is -0.617. The summed E-state index contributed by atoms with van der Waals surface area (Å²) in [6.45, 7) is 2.39. The first-order chi connectivity index (χ1) is 10.1. The molecule has 0 amide bonds. The summed E-state index contributed by atoms with van der Waals surface area (Å²) in [4.78, 5) is 0. The molecule has 0 saturated heterocycles. The highest BCUT2D eigenvalue weighted by atomic mass is 35.5. The van der Waals surface area contributed by atoms with Crippen LogP contribution in [0.25, 0.3) is 0 Å². The first kappa shape index (κ1) is 15.8. The molecule has 1 atom stereocenters. The highest BCUT2D eigenvalue weighted by molar-refractivity contribution is 6.31. The maximum absolute atomic E-state index is 13.3. The fraction of sp³-hybridized carbons (Fsp3) is 0.294. The van der Waals surface area contributed by atoms with Crippen molar-refractivity contribution >= 4 is 11.6 Å². The highest BCUT2D eigenvalue weighted by Crippen LogP contribution is 2.21. The Kier molecular flexibility index (Phi) is 5.59. The Morgan fingerprint density at radius 2 is 2.00 bits per heavy atom. The molecule has 0 aliphatic carbocycles. The zero-order valence-corrected chi connectivity index (χ0v) is 12.6. The fourth-order valence-electron chi connectivity index (χ4n) is 2.08. The third kappa shape index (κ3) is 4.73. The highest BCUT2D eigenvalue weighted by Gasteiger charge is 2.11. The molecule has 0 radical (unpaired) electrons. The van der Waals surface area contributed by atoms with Gasteiger partial charge < -0.3 is 9.84 Å². The van der Waals surface area contributed by atoms with Crippen LogP contribution >= 0.6 is 11.6 Å². The van der Waals surface area contributed by atoms with Crippen LogP contribution in [0.15, 0.2) is 42.5 Å². The molecule has 2 nitrogen and oxygen atoms in total. The number of hydrogen-bond donors (Lipinski definition) is 1. The number of halogens is 2. The predicted molar refractivity (Wildman–Crippen MR) is 82.4 cm³/mol. The van der Waals surface area contributed by atoms with Crippen molar-refractivity contribution in [1.29, 1.82) is 0 Å². The topological polar surface area (TPSA) is 29.5 Å². The number of benzene rings is 2. The summed E-state index contributed by atoms with van der Waals surface area (Å²) in [7, 11) is 0. The van der Waals surface area contributed by atoms with Crippen molar-refractivity contribution in [2.24, 2.45) is 0 Å². The molecular weight excluding hydrogens is 291 g/mol. The smallest absolute Gasteiger partial charge is 0.142 e. The molecule has 0 bridgehead atoms. The van der Waals surface area contributed by atoms with Gasteiger partial charge in [0.25, 0.3) is 0 Å². The minimum absolute atomic E-state index is 0.0798. The van der Waals surface area contributed by atoms with E-state index >= 15 is 0 Å². The maximum Gasteiger partial charge on any atom is 0.142 e. The van der Waals surface area contributed by atoms with E-state index in [4.69, 9.17) is 16.3 Å². The fourth-order valence-corrected chi connectivity index (χ4v) is 2.28. The molecule has 2 aromatic rings. The van der Waals surface area contributed by atoms with E-state index in [0.717, 1.165) is 11.3 Å². The number of hydrogen-bond acceptors (Lipinski definition) is 2. The Hall–Kier alpha value is -1.58. The lowest BCUT2D eigenvalue weighted by Crippen LogP contribution is -2.15. The lowest BCUT2D eigenvalue weighted by Gasteiger charge is -2.13. The summed E-state index contributed by atoms with van der Waals surface area (Å²) in [5, 5.41) is 10.1. The van der Waals surface area contributed by atoms with Crippen LogP contribution in [0.4, 0.5) is 4.39 Å². The van der Waals surface area contributed by atoms with Gasteiger partial charge in [-0.1, -0.05) is 35.9 Å². The van der Waals surface area contributed by atoms with Gasteiger partial charge in [-0.25, -0.2) is 4.39 Å². The lowest BCUT2D eigenvalue weighted by molar-refractivity contribution is 0.139. The molecule has 2 rings (SSSR count). The summed E-state index contributed by atoms with van der Waals surface area (Å²) >= 11 is 5.87. The molecule has 0 aliphatic heterocycles. The number of aliphatic hydroxyl groups excluding tert-OH is 1. The Bertz CT molecular complexity index is 601. The molecule has 0 spiro atoms. The Morgan fingerprint density at radius 3 is 2.76 bits per heavy atom. The summed E-state index contributed by atoms with van der Waals surface area (Å²) in [6.07, 6.45) is 0.156. The molecular formula is C17H18ClFO2. The van der Waals surface area contributed by atoms with Crippen molar-refractivity contribution in [1.82, 2.24) is 0 Å². The van der Waals surface area contributed by atoms with Crippen molar-refractivity contribution < 1.29 is 14.2 Å². The van der Waals surface area contributed by atoms with E-state index in [1.54, 1.807) is 12.1 Å². The maximum atomic E-state index is 13.3. The molecule has 2 aromatic carbocycles. The minimum Gasteiger partial charge on any atom is -0.493 e. The quantitative estimate of drug-likeness (QED) is 0.868. The van der Waals surface area contributed by atoms with Gasteiger partial charge in [0.05, 0.1) is 17.7 Å². The molecule has 4 heteroatoms. The van der Waals surface area contributed by atoms with E-state index < -0.39 is 11.9 Å². The van der Waals surface area contributed by atoms with Crippen LogP contribution in [-0.2, 0) is 6.42 Å². The second-order valence-corrected chi connectivity index (χ2v) is 5.40. The standard InChI is InChI=1S/C17H18ClFO2/c1-12-4-2-6-15(10-12)21-9-8-14(20)11-13-5-3-7-16(19)17(13)18/h2-7,10,14,20H,8-9,11H2,1H3. The van der Waals surface area contributed by atoms with Gasteiger partial charge in [0, 0.05) is 12.8 Å². The summed E-state index contributed by atoms with van der Waals surface area (Å²) in [5.41, 5.74) is 1.74. The molecule has 0 fully saturated rings. The normalized spacial score (nSPS) is 12.2. The Balaban J connectivity index is 1.82. The first-order valence-electron chi connectivity index (χ1n) is 6.86. The van der Waals surface area contributed by atoms with Gasteiger partial charge in [0.2, 0.25) is 0 Å². The third-order valence-electron chi connectivity index (χ3n) is 3.20. The van der Waals surface area contributed by atoms with E-state index in [9.17, 15) is 9.50 Å². The van der Waals surface area contributed by atoms with E-state index in [1.807, 2.05) is 31.2 Å². The van der Waals surface area contributed by atoms with E-state index in [0.29, 0.717) is 25.0 Å². The number of aliphatic hydroxyl groups is 1. The predicted octanol–water partition coefficient (Wildman–Crippen LogP) is 4.16. The van der Waals surface area contributed by atoms with Gasteiger partial charge in [-0.3, -0.25) is 0 Å². The molecule has 112 valence electrons. The summed E-state index contributed by atoms with van der Waals surface area (Å²) in [6, 6.07) is 12.3. The monoisotopic (exact) mass is 308 g/mol. The van der Waals surface area contributed by atoms with Gasteiger partial charge in [0.15, 0.2) is 0 Å². The molecule has 21 heavy (non-hydrogen) atoms. The number of ether oxygens (including phenoxy) is 1. The van der Waals surface area contributed by atoms with Crippen LogP contribution in [0.5, 0.6) is 5.75 Å². The Morgan fingerprint density at radius 1 is 1.24 bits per heavy atom. The van der Waals surface area contributed by atoms with Crippen LogP contribution in [0, 0.1) is 12.7 Å². The van der Waals surface area contributed by atoms with Gasteiger partial charge >= 0.3 is 0 Å². The second kappa shape index (κ2) is 7.43. The first-order valence-corrected chi connectivity index (χ1v) is 7.24. The zero-order valence-electron chi connectivity index (χ0n) is 11.9. The Labute approximate surface area is 129 Å². The van der Waals surface area contributed by atoms with Gasteiger partial charge in [-0.15, -0.1) is 0 Å².